The maximum Gasteiger partial charge on any atom is 0.416 e. The number of benzene rings is 1. The van der Waals surface area contributed by atoms with Crippen molar-refractivity contribution >= 4 is 11.9 Å². The predicted molar refractivity (Wildman–Crippen MR) is 120 cm³/mol. The van der Waals surface area contributed by atoms with Gasteiger partial charge in [0, 0.05) is 37.8 Å². The maximum atomic E-state index is 13.0. The number of carbonyl (C=O) groups excluding carboxylic acids is 2. The number of rotatable bonds is 6. The van der Waals surface area contributed by atoms with Crippen LogP contribution in [0.1, 0.15) is 50.1 Å². The largest absolute Gasteiger partial charge is 0.416 e. The van der Waals surface area contributed by atoms with E-state index in [-0.39, 0.29) is 35.9 Å². The third-order valence-electron chi connectivity index (χ3n) is 6.51. The summed E-state index contributed by atoms with van der Waals surface area (Å²) in [6, 6.07) is 4.27. The second kappa shape index (κ2) is 10.7. The van der Waals surface area contributed by atoms with Gasteiger partial charge in [-0.25, -0.2) is 4.79 Å². The zero-order valence-electron chi connectivity index (χ0n) is 19.5. The molecule has 9 nitrogen and oxygen atoms in total. The number of piperazine rings is 1. The van der Waals surface area contributed by atoms with Gasteiger partial charge < -0.3 is 9.84 Å². The van der Waals surface area contributed by atoms with E-state index in [9.17, 15) is 22.8 Å². The molecule has 2 heterocycles. The van der Waals surface area contributed by atoms with Crippen molar-refractivity contribution in [3.63, 3.8) is 0 Å². The molecule has 12 heteroatoms. The van der Waals surface area contributed by atoms with Crippen LogP contribution < -0.4 is 10.6 Å². The van der Waals surface area contributed by atoms with Crippen molar-refractivity contribution in [2.24, 2.45) is 0 Å². The van der Waals surface area contributed by atoms with Crippen LogP contribution in [0, 0.1) is 0 Å². The van der Waals surface area contributed by atoms with Crippen LogP contribution in [0.3, 0.4) is 0 Å². The van der Waals surface area contributed by atoms with Gasteiger partial charge in [0.15, 0.2) is 0 Å². The van der Waals surface area contributed by atoms with Crippen LogP contribution in [0.4, 0.5) is 18.0 Å². The highest BCUT2D eigenvalue weighted by atomic mass is 19.4. The Morgan fingerprint density at radius 1 is 1.17 bits per heavy atom. The van der Waals surface area contributed by atoms with E-state index in [1.54, 1.807) is 0 Å². The van der Waals surface area contributed by atoms with Crippen molar-refractivity contribution < 1.29 is 27.3 Å². The molecule has 3 amide bonds. The average Bonchev–Trinajstić information content (AvgIpc) is 3.51. The number of nitrogens with zero attached hydrogens (tertiary/aromatic N) is 4. The molecule has 1 aromatic carbocycles. The number of hydrogen-bond acceptors (Lipinski definition) is 7. The number of amides is 3. The predicted octanol–water partition coefficient (Wildman–Crippen LogP) is 3.20. The van der Waals surface area contributed by atoms with E-state index in [2.05, 4.69) is 25.7 Å². The summed E-state index contributed by atoms with van der Waals surface area (Å²) in [7, 11) is 0. The van der Waals surface area contributed by atoms with E-state index in [1.165, 1.54) is 12.1 Å². The molecule has 0 unspecified atom stereocenters. The zero-order valence-corrected chi connectivity index (χ0v) is 19.5. The molecule has 0 spiro atoms. The summed E-state index contributed by atoms with van der Waals surface area (Å²) in [4.78, 5) is 32.6. The number of urea groups is 1. The number of halogens is 3. The Morgan fingerprint density at radius 3 is 2.57 bits per heavy atom. The molecule has 2 aliphatic rings. The minimum absolute atomic E-state index is 0.101. The lowest BCUT2D eigenvalue weighted by Gasteiger charge is -2.36. The molecule has 1 aliphatic heterocycles. The third kappa shape index (κ3) is 6.57. The summed E-state index contributed by atoms with van der Waals surface area (Å²) in [5, 5.41) is 9.09. The lowest BCUT2D eigenvalue weighted by molar-refractivity contribution is -0.137. The molecular weight excluding hydrogens is 465 g/mol. The summed E-state index contributed by atoms with van der Waals surface area (Å²) in [5.41, 5.74) is -0.541. The number of nitrogens with one attached hydrogen (secondary N) is 2. The topological polar surface area (TPSA) is 104 Å². The number of imide groups is 1. The van der Waals surface area contributed by atoms with E-state index < -0.39 is 17.8 Å². The highest BCUT2D eigenvalue weighted by Gasteiger charge is 2.31. The fourth-order valence-corrected chi connectivity index (χ4v) is 4.48. The van der Waals surface area contributed by atoms with Crippen molar-refractivity contribution in [2.45, 2.75) is 50.9 Å². The van der Waals surface area contributed by atoms with E-state index in [4.69, 9.17) is 4.52 Å². The fraction of sp³-hybridized carbons (Fsp3) is 0.565. The summed E-state index contributed by atoms with van der Waals surface area (Å²) >= 11 is 0. The van der Waals surface area contributed by atoms with Crippen LogP contribution in [0.25, 0.3) is 11.4 Å². The monoisotopic (exact) mass is 494 g/mol. The Kier molecular flexibility index (Phi) is 7.70. The Morgan fingerprint density at radius 2 is 1.89 bits per heavy atom. The molecule has 2 aromatic rings. The normalized spacial score (nSPS) is 19.0. The van der Waals surface area contributed by atoms with Gasteiger partial charge >= 0.3 is 12.2 Å². The smallest absolute Gasteiger partial charge is 0.337 e. The third-order valence-corrected chi connectivity index (χ3v) is 6.51. The first-order valence-corrected chi connectivity index (χ1v) is 11.8. The Balaban J connectivity index is 1.26. The summed E-state index contributed by atoms with van der Waals surface area (Å²) in [6.07, 6.45) is -0.367. The van der Waals surface area contributed by atoms with Gasteiger partial charge in [0.2, 0.25) is 17.6 Å². The Bertz CT molecular complexity index is 1030. The highest BCUT2D eigenvalue weighted by molar-refractivity contribution is 5.95. The Labute approximate surface area is 201 Å². The van der Waals surface area contributed by atoms with Gasteiger partial charge in [-0.05, 0) is 31.9 Å². The van der Waals surface area contributed by atoms with Crippen LogP contribution >= 0.6 is 0 Å². The Hall–Kier alpha value is -2.99. The molecule has 2 N–H and O–H groups in total. The molecule has 0 radical (unpaired) electrons. The second-order valence-electron chi connectivity index (χ2n) is 9.03. The molecule has 1 aromatic heterocycles. The zero-order chi connectivity index (χ0) is 25.0. The maximum absolute atomic E-state index is 13.0. The summed E-state index contributed by atoms with van der Waals surface area (Å²) < 4.78 is 44.3. The van der Waals surface area contributed by atoms with Crippen molar-refractivity contribution in [1.82, 2.24) is 30.6 Å². The minimum Gasteiger partial charge on any atom is -0.337 e. The number of hydrogen-bond donors (Lipinski definition) is 2. The lowest BCUT2D eigenvalue weighted by atomic mass is 10.1. The minimum atomic E-state index is -4.45. The molecule has 4 rings (SSSR count). The van der Waals surface area contributed by atoms with Crippen LogP contribution in [0.15, 0.2) is 28.8 Å². The van der Waals surface area contributed by atoms with Crippen LogP contribution in [-0.4, -0.2) is 70.6 Å². The van der Waals surface area contributed by atoms with Gasteiger partial charge in [0.05, 0.1) is 18.2 Å². The van der Waals surface area contributed by atoms with Crippen LogP contribution in [0.5, 0.6) is 0 Å². The average molecular weight is 495 g/mol. The lowest BCUT2D eigenvalue weighted by Crippen LogP contribution is -2.52. The van der Waals surface area contributed by atoms with Gasteiger partial charge in [0.25, 0.3) is 0 Å². The first-order chi connectivity index (χ1) is 16.7. The molecule has 1 atom stereocenters. The standard InChI is InChI=1S/C23H29F3N6O3/c1-15(21-29-20(30-35-21)16-5-4-6-17(13-16)23(24,25)26)32-11-9-31(10-12-32)14-19(33)28-22(34)27-18-7-2-3-8-18/h4-6,13,15,18H,2-3,7-12,14H2,1H3,(H2,27,28,33,34)/t15-/m1/s1. The quantitative estimate of drug-likeness (QED) is 0.636. The van der Waals surface area contributed by atoms with Gasteiger partial charge in [-0.15, -0.1) is 0 Å². The van der Waals surface area contributed by atoms with Gasteiger partial charge in [-0.1, -0.05) is 30.1 Å². The van der Waals surface area contributed by atoms with Crippen molar-refractivity contribution in [3.05, 3.63) is 35.7 Å². The molecule has 1 aliphatic carbocycles. The molecule has 190 valence electrons. The second-order valence-corrected chi connectivity index (χ2v) is 9.03. The van der Waals surface area contributed by atoms with Gasteiger partial charge in [-0.3, -0.25) is 19.9 Å². The van der Waals surface area contributed by atoms with Crippen molar-refractivity contribution in [3.8, 4) is 11.4 Å². The molecule has 35 heavy (non-hydrogen) atoms. The fourth-order valence-electron chi connectivity index (χ4n) is 4.48. The van der Waals surface area contributed by atoms with E-state index >= 15 is 0 Å². The summed E-state index contributed by atoms with van der Waals surface area (Å²) in [6.45, 7) is 4.49. The molecular formula is C23H29F3N6O3. The van der Waals surface area contributed by atoms with E-state index in [1.807, 2.05) is 11.8 Å². The first-order valence-electron chi connectivity index (χ1n) is 11.8. The highest BCUT2D eigenvalue weighted by Crippen LogP contribution is 2.32. The number of aromatic nitrogens is 2. The number of alkyl halides is 3. The molecule has 2 fully saturated rings. The van der Waals surface area contributed by atoms with Crippen LogP contribution in [-0.2, 0) is 11.0 Å². The van der Waals surface area contributed by atoms with Crippen LogP contribution in [0.2, 0.25) is 0 Å². The molecule has 0 bridgehead atoms. The summed E-state index contributed by atoms with van der Waals surface area (Å²) in [5.74, 6) is 0.0703. The molecule has 1 saturated heterocycles. The van der Waals surface area contributed by atoms with Crippen molar-refractivity contribution in [2.75, 3.05) is 32.7 Å². The SMILES string of the molecule is C[C@H](c1nc(-c2cccc(C(F)(F)F)c2)no1)N1CCN(CC(=O)NC(=O)NC2CCCC2)CC1. The van der Waals surface area contributed by atoms with Gasteiger partial charge in [-0.2, -0.15) is 18.2 Å². The van der Waals surface area contributed by atoms with Gasteiger partial charge in [0.1, 0.15) is 0 Å². The van der Waals surface area contributed by atoms with E-state index in [0.717, 1.165) is 37.8 Å². The number of carbonyl (C=O) groups is 2. The van der Waals surface area contributed by atoms with Crippen molar-refractivity contribution in [1.29, 1.82) is 0 Å². The first kappa shape index (κ1) is 25.1. The molecule has 1 saturated carbocycles. The van der Waals surface area contributed by atoms with E-state index in [0.29, 0.717) is 32.1 Å².